The molecule has 0 aliphatic heterocycles. The lowest BCUT2D eigenvalue weighted by atomic mass is 9.49. The van der Waals surface area contributed by atoms with Gasteiger partial charge in [0.2, 0.25) is 0 Å². The van der Waals surface area contributed by atoms with Crippen LogP contribution in [0.4, 0.5) is 8.78 Å². The second kappa shape index (κ2) is 5.95. The summed E-state index contributed by atoms with van der Waals surface area (Å²) in [6.07, 6.45) is 3.49. The number of carboxylic acid groups (broad SMARTS) is 1. The first-order valence-corrected chi connectivity index (χ1v) is 8.94. The number of aliphatic carboxylic acids is 1. The Morgan fingerprint density at radius 2 is 1.58 bits per heavy atom. The number of halogens is 2. The zero-order chi connectivity index (χ0) is 17.7. The zero-order valence-corrected chi connectivity index (χ0v) is 14.3. The van der Waals surface area contributed by atoms with E-state index in [0.717, 1.165) is 19.3 Å². The Hall–Kier alpha value is -1.20. The molecule has 0 heterocycles. The third-order valence-electron chi connectivity index (χ3n) is 6.10. The van der Waals surface area contributed by atoms with E-state index in [0.29, 0.717) is 37.0 Å². The molecule has 0 aromatic rings. The summed E-state index contributed by atoms with van der Waals surface area (Å²) in [6.45, 7) is 3.42. The monoisotopic (exact) mass is 344 g/mol. The SMILES string of the molecule is CC(C)CC(OC(=O)C12CC3CC(CC(C3)C1)C2)C(F)(F)C(=O)O. The molecule has 0 spiro atoms. The van der Waals surface area contributed by atoms with Crippen LogP contribution >= 0.6 is 0 Å². The largest absolute Gasteiger partial charge is 0.477 e. The summed E-state index contributed by atoms with van der Waals surface area (Å²) < 4.78 is 33.3. The van der Waals surface area contributed by atoms with Crippen LogP contribution in [0.5, 0.6) is 0 Å². The highest BCUT2D eigenvalue weighted by Gasteiger charge is 2.58. The maximum Gasteiger partial charge on any atom is 0.378 e. The highest BCUT2D eigenvalue weighted by Crippen LogP contribution is 2.60. The van der Waals surface area contributed by atoms with Crippen LogP contribution in [0.25, 0.3) is 0 Å². The Bertz CT molecular complexity index is 494. The van der Waals surface area contributed by atoms with Gasteiger partial charge in [0.15, 0.2) is 6.10 Å². The minimum atomic E-state index is -4.05. The predicted molar refractivity (Wildman–Crippen MR) is 82.5 cm³/mol. The summed E-state index contributed by atoms with van der Waals surface area (Å²) in [4.78, 5) is 23.7. The van der Waals surface area contributed by atoms with E-state index in [1.165, 1.54) is 0 Å². The molecule has 1 atom stereocenters. The average Bonchev–Trinajstić information content (AvgIpc) is 2.44. The van der Waals surface area contributed by atoms with Crippen molar-refractivity contribution in [2.45, 2.75) is 70.8 Å². The molecule has 0 radical (unpaired) electrons. The van der Waals surface area contributed by atoms with E-state index in [9.17, 15) is 18.4 Å². The second-order valence-electron chi connectivity index (χ2n) is 8.65. The van der Waals surface area contributed by atoms with Gasteiger partial charge in [0.1, 0.15) is 0 Å². The fourth-order valence-corrected chi connectivity index (χ4v) is 5.45. The Kier molecular flexibility index (Phi) is 4.37. The van der Waals surface area contributed by atoms with Crippen molar-refractivity contribution in [1.29, 1.82) is 0 Å². The number of hydrogen-bond acceptors (Lipinski definition) is 3. The molecule has 0 aromatic heterocycles. The quantitative estimate of drug-likeness (QED) is 0.743. The van der Waals surface area contributed by atoms with Gasteiger partial charge < -0.3 is 9.84 Å². The number of carboxylic acids is 1. The first-order valence-electron chi connectivity index (χ1n) is 8.94. The molecule has 4 nitrogen and oxygen atoms in total. The van der Waals surface area contributed by atoms with Gasteiger partial charge in [-0.2, -0.15) is 8.78 Å². The predicted octanol–water partition coefficient (Wildman–Crippen LogP) is 3.88. The fourth-order valence-electron chi connectivity index (χ4n) is 5.45. The van der Waals surface area contributed by atoms with Crippen molar-refractivity contribution in [1.82, 2.24) is 0 Å². The first kappa shape index (κ1) is 17.6. The Balaban J connectivity index is 1.77. The lowest BCUT2D eigenvalue weighted by molar-refractivity contribution is -0.207. The topological polar surface area (TPSA) is 63.6 Å². The molecule has 0 saturated heterocycles. The van der Waals surface area contributed by atoms with Crippen LogP contribution in [-0.4, -0.2) is 29.1 Å². The van der Waals surface area contributed by atoms with E-state index in [2.05, 4.69) is 0 Å². The lowest BCUT2D eigenvalue weighted by Gasteiger charge is -2.55. The molecule has 1 N–H and O–H groups in total. The number of rotatable bonds is 6. The van der Waals surface area contributed by atoms with Crippen molar-refractivity contribution in [2.75, 3.05) is 0 Å². The molecule has 4 rings (SSSR count). The van der Waals surface area contributed by atoms with Crippen LogP contribution in [0, 0.1) is 29.1 Å². The van der Waals surface area contributed by atoms with E-state index in [4.69, 9.17) is 9.84 Å². The number of carbonyl (C=O) groups excluding carboxylic acids is 1. The molecule has 6 heteroatoms. The van der Waals surface area contributed by atoms with Crippen LogP contribution in [0.2, 0.25) is 0 Å². The van der Waals surface area contributed by atoms with Gasteiger partial charge in [0.25, 0.3) is 0 Å². The van der Waals surface area contributed by atoms with Gasteiger partial charge in [-0.1, -0.05) is 13.8 Å². The normalized spacial score (nSPS) is 36.0. The zero-order valence-electron chi connectivity index (χ0n) is 14.3. The van der Waals surface area contributed by atoms with E-state index in [1.54, 1.807) is 13.8 Å². The molecule has 4 saturated carbocycles. The van der Waals surface area contributed by atoms with Crippen LogP contribution in [0.3, 0.4) is 0 Å². The van der Waals surface area contributed by atoms with E-state index >= 15 is 0 Å². The van der Waals surface area contributed by atoms with Gasteiger partial charge in [-0.05, 0) is 68.6 Å². The standard InChI is InChI=1S/C18H26F2O4/c1-10(2)3-14(18(19,20)15(21)22)24-16(23)17-7-11-4-12(8-17)6-13(5-11)9-17/h10-14H,3-9H2,1-2H3,(H,21,22). The minimum absolute atomic E-state index is 0.155. The maximum atomic E-state index is 14.0. The molecule has 1 unspecified atom stereocenters. The van der Waals surface area contributed by atoms with Crippen molar-refractivity contribution in [2.24, 2.45) is 29.1 Å². The Morgan fingerprint density at radius 1 is 1.12 bits per heavy atom. The van der Waals surface area contributed by atoms with Crippen molar-refractivity contribution in [3.8, 4) is 0 Å². The van der Waals surface area contributed by atoms with Crippen LogP contribution in [-0.2, 0) is 14.3 Å². The number of carbonyl (C=O) groups is 2. The van der Waals surface area contributed by atoms with E-state index < -0.39 is 29.4 Å². The molecule has 0 amide bonds. The van der Waals surface area contributed by atoms with Gasteiger partial charge in [-0.3, -0.25) is 4.79 Å². The smallest absolute Gasteiger partial charge is 0.378 e. The molecule has 24 heavy (non-hydrogen) atoms. The van der Waals surface area contributed by atoms with Gasteiger partial charge in [0.05, 0.1) is 5.41 Å². The molecule has 4 bridgehead atoms. The van der Waals surface area contributed by atoms with Crippen molar-refractivity contribution >= 4 is 11.9 Å². The average molecular weight is 344 g/mol. The fraction of sp³-hybridized carbons (Fsp3) is 0.889. The highest BCUT2D eigenvalue weighted by molar-refractivity contribution is 5.80. The van der Waals surface area contributed by atoms with Crippen LogP contribution in [0.15, 0.2) is 0 Å². The minimum Gasteiger partial charge on any atom is -0.477 e. The summed E-state index contributed by atoms with van der Waals surface area (Å²) in [7, 11) is 0. The molecular weight excluding hydrogens is 318 g/mol. The lowest BCUT2D eigenvalue weighted by Crippen LogP contribution is -2.53. The first-order chi connectivity index (χ1) is 11.1. The van der Waals surface area contributed by atoms with Crippen molar-refractivity contribution in [3.63, 3.8) is 0 Å². The Labute approximate surface area is 140 Å². The summed E-state index contributed by atoms with van der Waals surface area (Å²) in [5, 5.41) is 8.83. The number of alkyl halides is 2. The molecule has 0 aromatic carbocycles. The number of ether oxygens (including phenoxy) is 1. The molecule has 4 fully saturated rings. The summed E-state index contributed by atoms with van der Waals surface area (Å²) in [6, 6.07) is 0. The molecule has 136 valence electrons. The van der Waals surface area contributed by atoms with Crippen LogP contribution in [0.1, 0.15) is 58.8 Å². The van der Waals surface area contributed by atoms with Crippen LogP contribution < -0.4 is 0 Å². The summed E-state index contributed by atoms with van der Waals surface area (Å²) in [5.74, 6) is -5.58. The number of esters is 1. The van der Waals surface area contributed by atoms with Gasteiger partial charge >= 0.3 is 17.9 Å². The highest BCUT2D eigenvalue weighted by atomic mass is 19.3. The molecule has 4 aliphatic rings. The molecular formula is C18H26F2O4. The Morgan fingerprint density at radius 3 is 1.96 bits per heavy atom. The van der Waals surface area contributed by atoms with Gasteiger partial charge in [0, 0.05) is 0 Å². The van der Waals surface area contributed by atoms with E-state index in [1.807, 2.05) is 0 Å². The maximum absolute atomic E-state index is 14.0. The van der Waals surface area contributed by atoms with Crippen molar-refractivity contribution in [3.05, 3.63) is 0 Å². The van der Waals surface area contributed by atoms with Gasteiger partial charge in [-0.25, -0.2) is 4.79 Å². The summed E-state index contributed by atoms with van der Waals surface area (Å²) >= 11 is 0. The van der Waals surface area contributed by atoms with E-state index in [-0.39, 0.29) is 12.3 Å². The number of hydrogen-bond donors (Lipinski definition) is 1. The van der Waals surface area contributed by atoms with Gasteiger partial charge in [-0.15, -0.1) is 0 Å². The third kappa shape index (κ3) is 3.04. The molecule has 4 aliphatic carbocycles. The third-order valence-corrected chi connectivity index (χ3v) is 6.10. The second-order valence-corrected chi connectivity index (χ2v) is 8.65. The van der Waals surface area contributed by atoms with Crippen molar-refractivity contribution < 1.29 is 28.2 Å². The summed E-state index contributed by atoms with van der Waals surface area (Å²) in [5.41, 5.74) is -0.654.